The summed E-state index contributed by atoms with van der Waals surface area (Å²) in [6, 6.07) is 7.90. The smallest absolute Gasteiger partial charge is 0.269 e. The average molecular weight is 315 g/mol. The van der Waals surface area contributed by atoms with E-state index in [1.54, 1.807) is 18.2 Å². The predicted molar refractivity (Wildman–Crippen MR) is 89.2 cm³/mol. The number of non-ortho nitro benzene ring substituents is 1. The van der Waals surface area contributed by atoms with Crippen molar-refractivity contribution in [2.45, 2.75) is 38.3 Å². The van der Waals surface area contributed by atoms with Crippen LogP contribution in [-0.2, 0) is 6.54 Å². The highest BCUT2D eigenvalue weighted by Crippen LogP contribution is 2.46. The first-order chi connectivity index (χ1) is 11.2. The topological polar surface area (TPSA) is 49.6 Å². The minimum atomic E-state index is -0.309. The van der Waals surface area contributed by atoms with Crippen molar-refractivity contribution in [1.82, 2.24) is 9.80 Å². The molecule has 1 aromatic rings. The van der Waals surface area contributed by atoms with E-state index >= 15 is 0 Å². The van der Waals surface area contributed by atoms with Crippen LogP contribution in [0, 0.1) is 22.0 Å². The number of nitrogens with zero attached hydrogens (tertiary/aromatic N) is 3. The second kappa shape index (κ2) is 6.21. The molecule has 0 amide bonds. The Kier molecular flexibility index (Phi) is 4.07. The lowest BCUT2D eigenvalue weighted by Gasteiger charge is -2.41. The Morgan fingerprint density at radius 3 is 2.61 bits per heavy atom. The third kappa shape index (κ3) is 3.12. The Hall–Kier alpha value is -1.46. The van der Waals surface area contributed by atoms with Gasteiger partial charge >= 0.3 is 0 Å². The molecule has 0 spiro atoms. The molecule has 1 aromatic carbocycles. The van der Waals surface area contributed by atoms with Crippen LogP contribution in [0.4, 0.5) is 5.69 Å². The molecule has 5 heteroatoms. The van der Waals surface area contributed by atoms with E-state index in [2.05, 4.69) is 9.80 Å². The number of nitro groups is 1. The van der Waals surface area contributed by atoms with Crippen molar-refractivity contribution >= 4 is 5.69 Å². The standard InChI is InChI=1S/C18H25N3O2/c22-21(23)17-3-1-2-15(11-17)13-19-6-8-20(9-7-19)18-12-14-4-5-16(18)10-14/h1-3,11,14,16,18H,4-10,12-13H2. The van der Waals surface area contributed by atoms with Crippen molar-refractivity contribution in [3.63, 3.8) is 0 Å². The van der Waals surface area contributed by atoms with Crippen LogP contribution in [0.1, 0.15) is 31.2 Å². The molecule has 5 nitrogen and oxygen atoms in total. The van der Waals surface area contributed by atoms with Gasteiger partial charge in [0.25, 0.3) is 5.69 Å². The third-order valence-corrected chi connectivity index (χ3v) is 6.10. The van der Waals surface area contributed by atoms with Gasteiger partial charge in [-0.2, -0.15) is 0 Å². The van der Waals surface area contributed by atoms with Crippen LogP contribution in [0.3, 0.4) is 0 Å². The van der Waals surface area contributed by atoms with Gasteiger partial charge in [-0.3, -0.25) is 19.9 Å². The van der Waals surface area contributed by atoms with Gasteiger partial charge in [0.05, 0.1) is 4.92 Å². The molecule has 0 radical (unpaired) electrons. The van der Waals surface area contributed by atoms with E-state index in [-0.39, 0.29) is 10.6 Å². The van der Waals surface area contributed by atoms with Gasteiger partial charge in [-0.1, -0.05) is 18.6 Å². The molecule has 2 bridgehead atoms. The maximum atomic E-state index is 10.9. The molecular weight excluding hydrogens is 290 g/mol. The van der Waals surface area contributed by atoms with Crippen molar-refractivity contribution < 1.29 is 4.92 Å². The van der Waals surface area contributed by atoms with E-state index in [9.17, 15) is 10.1 Å². The summed E-state index contributed by atoms with van der Waals surface area (Å²) < 4.78 is 0. The van der Waals surface area contributed by atoms with Crippen LogP contribution in [0.2, 0.25) is 0 Å². The lowest BCUT2D eigenvalue weighted by molar-refractivity contribution is -0.384. The number of rotatable bonds is 4. The van der Waals surface area contributed by atoms with Crippen molar-refractivity contribution in [2.75, 3.05) is 26.2 Å². The zero-order valence-electron chi connectivity index (χ0n) is 13.6. The number of hydrogen-bond donors (Lipinski definition) is 0. The SMILES string of the molecule is O=[N+]([O-])c1cccc(CN2CCN(C3CC4CCC3C4)CC2)c1. The van der Waals surface area contributed by atoms with Gasteiger partial charge < -0.3 is 0 Å². The van der Waals surface area contributed by atoms with E-state index in [0.717, 1.165) is 56.2 Å². The first-order valence-corrected chi connectivity index (χ1v) is 8.89. The largest absolute Gasteiger partial charge is 0.298 e. The van der Waals surface area contributed by atoms with Gasteiger partial charge in [0.15, 0.2) is 0 Å². The van der Waals surface area contributed by atoms with Crippen LogP contribution in [0.25, 0.3) is 0 Å². The number of nitro benzene ring substituents is 1. The highest BCUT2D eigenvalue weighted by atomic mass is 16.6. The summed E-state index contributed by atoms with van der Waals surface area (Å²) in [6.07, 6.45) is 5.81. The van der Waals surface area contributed by atoms with Crippen LogP contribution < -0.4 is 0 Å². The Balaban J connectivity index is 1.31. The summed E-state index contributed by atoms with van der Waals surface area (Å²) in [7, 11) is 0. The summed E-state index contributed by atoms with van der Waals surface area (Å²) in [5, 5.41) is 10.9. The normalized spacial score (nSPS) is 31.6. The Morgan fingerprint density at radius 2 is 1.96 bits per heavy atom. The van der Waals surface area contributed by atoms with E-state index in [1.807, 2.05) is 6.07 Å². The summed E-state index contributed by atoms with van der Waals surface area (Å²) in [4.78, 5) is 15.7. The second-order valence-electron chi connectivity index (χ2n) is 7.48. The molecule has 2 aliphatic carbocycles. The highest BCUT2D eigenvalue weighted by molar-refractivity contribution is 5.34. The molecule has 3 fully saturated rings. The first kappa shape index (κ1) is 15.1. The molecule has 3 unspecified atom stereocenters. The van der Waals surface area contributed by atoms with Crippen molar-refractivity contribution in [3.8, 4) is 0 Å². The molecule has 3 atom stereocenters. The lowest BCUT2D eigenvalue weighted by Crippen LogP contribution is -2.51. The maximum absolute atomic E-state index is 10.9. The number of fused-ring (bicyclic) bond motifs is 2. The highest BCUT2D eigenvalue weighted by Gasteiger charge is 2.42. The van der Waals surface area contributed by atoms with Gasteiger partial charge in [0.2, 0.25) is 0 Å². The lowest BCUT2D eigenvalue weighted by atomic mass is 9.93. The van der Waals surface area contributed by atoms with Crippen LogP contribution in [0.15, 0.2) is 24.3 Å². The summed E-state index contributed by atoms with van der Waals surface area (Å²) in [6.45, 7) is 5.30. The van der Waals surface area contributed by atoms with Crippen molar-refractivity contribution in [3.05, 3.63) is 39.9 Å². The minimum absolute atomic E-state index is 0.197. The van der Waals surface area contributed by atoms with E-state index in [0.29, 0.717) is 0 Å². The van der Waals surface area contributed by atoms with Crippen molar-refractivity contribution in [1.29, 1.82) is 0 Å². The van der Waals surface area contributed by atoms with Crippen molar-refractivity contribution in [2.24, 2.45) is 11.8 Å². The maximum Gasteiger partial charge on any atom is 0.269 e. The molecular formula is C18H25N3O2. The molecule has 124 valence electrons. The Bertz CT molecular complexity index is 583. The molecule has 2 saturated carbocycles. The molecule has 3 aliphatic rings. The Morgan fingerprint density at radius 1 is 1.13 bits per heavy atom. The summed E-state index contributed by atoms with van der Waals surface area (Å²) in [5.41, 5.74) is 1.25. The van der Waals surface area contributed by atoms with E-state index < -0.39 is 0 Å². The third-order valence-electron chi connectivity index (χ3n) is 6.10. The monoisotopic (exact) mass is 315 g/mol. The van der Waals surface area contributed by atoms with Gasteiger partial charge in [-0.05, 0) is 36.7 Å². The van der Waals surface area contributed by atoms with Crippen LogP contribution in [-0.4, -0.2) is 46.9 Å². The summed E-state index contributed by atoms with van der Waals surface area (Å²) >= 11 is 0. The summed E-state index contributed by atoms with van der Waals surface area (Å²) in [5.74, 6) is 1.97. The zero-order chi connectivity index (χ0) is 15.8. The van der Waals surface area contributed by atoms with Crippen LogP contribution in [0.5, 0.6) is 0 Å². The fraction of sp³-hybridized carbons (Fsp3) is 0.667. The molecule has 1 heterocycles. The molecule has 1 aliphatic heterocycles. The van der Waals surface area contributed by atoms with Crippen LogP contribution >= 0.6 is 0 Å². The Labute approximate surface area is 137 Å². The zero-order valence-corrected chi connectivity index (χ0v) is 13.6. The quantitative estimate of drug-likeness (QED) is 0.633. The van der Waals surface area contributed by atoms with Gasteiger partial charge in [0, 0.05) is 50.9 Å². The van der Waals surface area contributed by atoms with Gasteiger partial charge in [0.1, 0.15) is 0 Å². The molecule has 23 heavy (non-hydrogen) atoms. The minimum Gasteiger partial charge on any atom is -0.298 e. The number of hydrogen-bond acceptors (Lipinski definition) is 4. The first-order valence-electron chi connectivity index (χ1n) is 8.89. The molecule has 0 N–H and O–H groups in total. The fourth-order valence-electron chi connectivity index (χ4n) is 4.94. The number of piperazine rings is 1. The van der Waals surface area contributed by atoms with E-state index in [1.165, 1.54) is 25.7 Å². The van der Waals surface area contributed by atoms with E-state index in [4.69, 9.17) is 0 Å². The number of benzene rings is 1. The molecule has 0 aromatic heterocycles. The predicted octanol–water partition coefficient (Wildman–Crippen LogP) is 2.90. The second-order valence-corrected chi connectivity index (χ2v) is 7.48. The fourth-order valence-corrected chi connectivity index (χ4v) is 4.94. The average Bonchev–Trinajstić information content (AvgIpc) is 3.19. The molecule has 4 rings (SSSR count). The van der Waals surface area contributed by atoms with Gasteiger partial charge in [-0.15, -0.1) is 0 Å². The van der Waals surface area contributed by atoms with Gasteiger partial charge in [-0.25, -0.2) is 0 Å². The molecule has 1 saturated heterocycles.